The molecule has 4 nitrogen and oxygen atoms in total. The van der Waals surface area contributed by atoms with Crippen molar-refractivity contribution in [1.29, 1.82) is 0 Å². The fraction of sp³-hybridized carbons (Fsp3) is 0.923. The Balaban J connectivity index is 1.65. The third kappa shape index (κ3) is 3.42. The van der Waals surface area contributed by atoms with Crippen LogP contribution < -0.4 is 10.6 Å². The first-order chi connectivity index (χ1) is 8.21. The van der Waals surface area contributed by atoms with Crippen molar-refractivity contribution in [3.8, 4) is 0 Å². The van der Waals surface area contributed by atoms with E-state index >= 15 is 0 Å². The zero-order chi connectivity index (χ0) is 12.1. The van der Waals surface area contributed by atoms with Crippen LogP contribution in [0.3, 0.4) is 0 Å². The van der Waals surface area contributed by atoms with E-state index in [1.54, 1.807) is 0 Å². The lowest BCUT2D eigenvalue weighted by Gasteiger charge is -2.25. The Morgan fingerprint density at radius 1 is 1.47 bits per heavy atom. The van der Waals surface area contributed by atoms with Crippen LogP contribution in [0.25, 0.3) is 0 Å². The highest BCUT2D eigenvalue weighted by Crippen LogP contribution is 2.24. The van der Waals surface area contributed by atoms with Crippen LogP contribution in [0.15, 0.2) is 0 Å². The topological polar surface area (TPSA) is 50.4 Å². The van der Waals surface area contributed by atoms with Crippen molar-refractivity contribution in [2.24, 2.45) is 0 Å². The summed E-state index contributed by atoms with van der Waals surface area (Å²) in [6.45, 7) is 4.50. The third-order valence-corrected chi connectivity index (χ3v) is 3.89. The molecule has 0 spiro atoms. The SMILES string of the molecule is CC1(C(=O)NCCC2CCCCN2)CCCO1. The number of ether oxygens (including phenoxy) is 1. The average molecular weight is 240 g/mol. The summed E-state index contributed by atoms with van der Waals surface area (Å²) >= 11 is 0. The van der Waals surface area contributed by atoms with Crippen LogP contribution in [0, 0.1) is 0 Å². The second-order valence-electron chi connectivity index (χ2n) is 5.37. The predicted molar refractivity (Wildman–Crippen MR) is 66.9 cm³/mol. The number of amides is 1. The molecule has 2 atom stereocenters. The largest absolute Gasteiger partial charge is 0.365 e. The Hall–Kier alpha value is -0.610. The molecule has 1 amide bonds. The van der Waals surface area contributed by atoms with E-state index < -0.39 is 5.60 Å². The van der Waals surface area contributed by atoms with E-state index in [4.69, 9.17) is 4.74 Å². The number of hydrogen-bond donors (Lipinski definition) is 2. The first kappa shape index (κ1) is 12.8. The molecule has 0 aliphatic carbocycles. The molecule has 0 aromatic carbocycles. The number of hydrogen-bond acceptors (Lipinski definition) is 3. The van der Waals surface area contributed by atoms with Crippen molar-refractivity contribution in [3.63, 3.8) is 0 Å². The van der Waals surface area contributed by atoms with Crippen LogP contribution in [0.4, 0.5) is 0 Å². The summed E-state index contributed by atoms with van der Waals surface area (Å²) in [6.07, 6.45) is 6.71. The minimum atomic E-state index is -0.569. The van der Waals surface area contributed by atoms with Crippen LogP contribution in [-0.4, -0.2) is 37.2 Å². The maximum Gasteiger partial charge on any atom is 0.251 e. The van der Waals surface area contributed by atoms with Gasteiger partial charge in [0.25, 0.3) is 5.91 Å². The quantitative estimate of drug-likeness (QED) is 0.776. The molecule has 2 aliphatic heterocycles. The molecule has 2 rings (SSSR count). The molecule has 2 fully saturated rings. The van der Waals surface area contributed by atoms with E-state index in [0.717, 1.165) is 32.4 Å². The molecule has 0 saturated carbocycles. The predicted octanol–water partition coefficient (Wildman–Crippen LogP) is 1.20. The molecule has 0 aromatic heterocycles. The van der Waals surface area contributed by atoms with Crippen molar-refractivity contribution < 1.29 is 9.53 Å². The molecule has 2 aliphatic rings. The molecule has 2 saturated heterocycles. The van der Waals surface area contributed by atoms with Gasteiger partial charge < -0.3 is 15.4 Å². The summed E-state index contributed by atoms with van der Waals surface area (Å²) in [5.41, 5.74) is -0.569. The normalized spacial score (nSPS) is 33.6. The summed E-state index contributed by atoms with van der Waals surface area (Å²) < 4.78 is 5.52. The van der Waals surface area contributed by atoms with E-state index in [-0.39, 0.29) is 5.91 Å². The lowest BCUT2D eigenvalue weighted by atomic mass is 10.0. The van der Waals surface area contributed by atoms with Crippen molar-refractivity contribution in [1.82, 2.24) is 10.6 Å². The van der Waals surface area contributed by atoms with Crippen LogP contribution in [-0.2, 0) is 9.53 Å². The van der Waals surface area contributed by atoms with Crippen LogP contribution in [0.2, 0.25) is 0 Å². The van der Waals surface area contributed by atoms with Gasteiger partial charge in [-0.25, -0.2) is 0 Å². The van der Waals surface area contributed by atoms with Gasteiger partial charge in [-0.2, -0.15) is 0 Å². The highest BCUT2D eigenvalue weighted by atomic mass is 16.5. The molecule has 98 valence electrons. The number of carbonyl (C=O) groups excluding carboxylic acids is 1. The van der Waals surface area contributed by atoms with E-state index in [1.165, 1.54) is 19.3 Å². The average Bonchev–Trinajstić information content (AvgIpc) is 2.79. The summed E-state index contributed by atoms with van der Waals surface area (Å²) in [4.78, 5) is 12.0. The van der Waals surface area contributed by atoms with Gasteiger partial charge in [-0.1, -0.05) is 6.42 Å². The van der Waals surface area contributed by atoms with E-state index in [9.17, 15) is 4.79 Å². The Morgan fingerprint density at radius 2 is 2.35 bits per heavy atom. The zero-order valence-corrected chi connectivity index (χ0v) is 10.8. The first-order valence-corrected chi connectivity index (χ1v) is 6.86. The smallest absolute Gasteiger partial charge is 0.251 e. The van der Waals surface area contributed by atoms with Crippen molar-refractivity contribution in [2.45, 2.75) is 57.1 Å². The molecule has 17 heavy (non-hydrogen) atoms. The maximum absolute atomic E-state index is 12.0. The van der Waals surface area contributed by atoms with Gasteiger partial charge in [-0.15, -0.1) is 0 Å². The molecule has 0 radical (unpaired) electrons. The first-order valence-electron chi connectivity index (χ1n) is 6.86. The lowest BCUT2D eigenvalue weighted by molar-refractivity contribution is -0.139. The highest BCUT2D eigenvalue weighted by Gasteiger charge is 2.37. The Labute approximate surface area is 103 Å². The molecular formula is C13H24N2O2. The Morgan fingerprint density at radius 3 is 3.00 bits per heavy atom. The summed E-state index contributed by atoms with van der Waals surface area (Å²) in [5, 5.41) is 6.50. The molecule has 0 bridgehead atoms. The third-order valence-electron chi connectivity index (χ3n) is 3.89. The molecule has 0 aromatic rings. The van der Waals surface area contributed by atoms with Gasteiger partial charge in [0.1, 0.15) is 5.60 Å². The minimum Gasteiger partial charge on any atom is -0.365 e. The Kier molecular flexibility index (Phi) is 4.40. The standard InChI is InChI=1S/C13H24N2O2/c1-13(7-4-10-17-13)12(16)15-9-6-11-5-2-3-8-14-11/h11,14H,2-10H2,1H3,(H,15,16). The number of carbonyl (C=O) groups is 1. The van der Waals surface area contributed by atoms with Crippen LogP contribution in [0.5, 0.6) is 0 Å². The summed E-state index contributed by atoms with van der Waals surface area (Å²) in [6, 6.07) is 0.585. The molecule has 4 heteroatoms. The van der Waals surface area contributed by atoms with Gasteiger partial charge in [0.05, 0.1) is 0 Å². The number of piperidine rings is 1. The molecular weight excluding hydrogens is 216 g/mol. The van der Waals surface area contributed by atoms with E-state index in [0.29, 0.717) is 12.6 Å². The van der Waals surface area contributed by atoms with Gasteiger partial charge in [0.15, 0.2) is 0 Å². The fourth-order valence-corrected chi connectivity index (χ4v) is 2.68. The van der Waals surface area contributed by atoms with Crippen LogP contribution >= 0.6 is 0 Å². The van der Waals surface area contributed by atoms with Gasteiger partial charge >= 0.3 is 0 Å². The number of rotatable bonds is 4. The van der Waals surface area contributed by atoms with Crippen molar-refractivity contribution in [3.05, 3.63) is 0 Å². The van der Waals surface area contributed by atoms with Gasteiger partial charge in [-0.05, 0) is 45.6 Å². The Bertz CT molecular complexity index is 256. The number of nitrogens with one attached hydrogen (secondary N) is 2. The molecule has 2 unspecified atom stereocenters. The molecule has 2 heterocycles. The van der Waals surface area contributed by atoms with Gasteiger partial charge in [0.2, 0.25) is 0 Å². The summed E-state index contributed by atoms with van der Waals surface area (Å²) in [7, 11) is 0. The fourth-order valence-electron chi connectivity index (χ4n) is 2.68. The van der Waals surface area contributed by atoms with E-state index in [1.807, 2.05) is 6.92 Å². The van der Waals surface area contributed by atoms with E-state index in [2.05, 4.69) is 10.6 Å². The summed E-state index contributed by atoms with van der Waals surface area (Å²) in [5.74, 6) is 0.0609. The van der Waals surface area contributed by atoms with Gasteiger partial charge in [0, 0.05) is 19.2 Å². The van der Waals surface area contributed by atoms with Gasteiger partial charge in [-0.3, -0.25) is 4.79 Å². The molecule has 2 N–H and O–H groups in total. The zero-order valence-electron chi connectivity index (χ0n) is 10.8. The maximum atomic E-state index is 12.0. The second-order valence-corrected chi connectivity index (χ2v) is 5.37. The second kappa shape index (κ2) is 5.83. The van der Waals surface area contributed by atoms with Crippen molar-refractivity contribution >= 4 is 5.91 Å². The monoisotopic (exact) mass is 240 g/mol. The van der Waals surface area contributed by atoms with Crippen molar-refractivity contribution in [2.75, 3.05) is 19.7 Å². The highest BCUT2D eigenvalue weighted by molar-refractivity contribution is 5.84. The van der Waals surface area contributed by atoms with Crippen LogP contribution in [0.1, 0.15) is 45.4 Å². The lowest BCUT2D eigenvalue weighted by Crippen LogP contribution is -2.45. The minimum absolute atomic E-state index is 0.0609.